The van der Waals surface area contributed by atoms with E-state index in [0.717, 1.165) is 19.3 Å². The highest BCUT2D eigenvalue weighted by Gasteiger charge is 2.02. The SMILES string of the molecule is [O]C1C=CCCC1. The van der Waals surface area contributed by atoms with Crippen LogP contribution in [0.4, 0.5) is 0 Å². The Morgan fingerprint density at radius 1 is 1.57 bits per heavy atom. The molecule has 1 aliphatic rings. The van der Waals surface area contributed by atoms with Crippen LogP contribution in [0.1, 0.15) is 19.3 Å². The molecule has 39 valence electrons. The number of hydrogen-bond acceptors (Lipinski definition) is 0. The van der Waals surface area contributed by atoms with E-state index >= 15 is 0 Å². The summed E-state index contributed by atoms with van der Waals surface area (Å²) in [5.41, 5.74) is 0. The van der Waals surface area contributed by atoms with Gasteiger partial charge in [0.05, 0.1) is 0 Å². The molecular weight excluding hydrogens is 88.1 g/mol. The summed E-state index contributed by atoms with van der Waals surface area (Å²) < 4.78 is 0. The van der Waals surface area contributed by atoms with Crippen LogP contribution in [0.15, 0.2) is 12.2 Å². The van der Waals surface area contributed by atoms with Crippen molar-refractivity contribution >= 4 is 0 Å². The Hall–Kier alpha value is -0.300. The second kappa shape index (κ2) is 2.12. The Balaban J connectivity index is 2.36. The summed E-state index contributed by atoms with van der Waals surface area (Å²) in [6, 6.07) is 0. The van der Waals surface area contributed by atoms with Crippen LogP contribution >= 0.6 is 0 Å². The van der Waals surface area contributed by atoms with Gasteiger partial charge in [0, 0.05) is 0 Å². The molecule has 0 bridgehead atoms. The monoisotopic (exact) mass is 97.1 g/mol. The first kappa shape index (κ1) is 4.85. The van der Waals surface area contributed by atoms with Gasteiger partial charge in [0.25, 0.3) is 0 Å². The van der Waals surface area contributed by atoms with Crippen molar-refractivity contribution in [1.29, 1.82) is 0 Å². The first-order valence-electron chi connectivity index (χ1n) is 2.72. The van der Waals surface area contributed by atoms with Crippen molar-refractivity contribution in [2.75, 3.05) is 0 Å². The molecule has 1 radical (unpaired) electrons. The second-order valence-electron chi connectivity index (χ2n) is 1.90. The van der Waals surface area contributed by atoms with Crippen LogP contribution in [0.2, 0.25) is 0 Å². The maximum Gasteiger partial charge on any atom is 0.111 e. The van der Waals surface area contributed by atoms with E-state index in [-0.39, 0.29) is 0 Å². The predicted molar refractivity (Wildman–Crippen MR) is 27.5 cm³/mol. The van der Waals surface area contributed by atoms with Gasteiger partial charge in [0.2, 0.25) is 0 Å². The Kier molecular flexibility index (Phi) is 1.47. The molecule has 1 aliphatic carbocycles. The Morgan fingerprint density at radius 2 is 2.43 bits per heavy atom. The van der Waals surface area contributed by atoms with Crippen LogP contribution in [0.5, 0.6) is 0 Å². The zero-order valence-electron chi connectivity index (χ0n) is 4.26. The molecule has 1 nitrogen and oxygen atoms in total. The summed E-state index contributed by atoms with van der Waals surface area (Å²) in [5, 5.41) is 10.5. The van der Waals surface area contributed by atoms with Crippen LogP contribution in [0.25, 0.3) is 0 Å². The smallest absolute Gasteiger partial charge is 0.111 e. The van der Waals surface area contributed by atoms with Crippen LogP contribution in [0.3, 0.4) is 0 Å². The van der Waals surface area contributed by atoms with Crippen molar-refractivity contribution in [2.24, 2.45) is 0 Å². The average molecular weight is 97.1 g/mol. The van der Waals surface area contributed by atoms with Gasteiger partial charge in [-0.05, 0) is 19.3 Å². The van der Waals surface area contributed by atoms with Crippen molar-refractivity contribution in [2.45, 2.75) is 25.4 Å². The molecule has 0 spiro atoms. The van der Waals surface area contributed by atoms with Gasteiger partial charge in [-0.3, -0.25) is 0 Å². The standard InChI is InChI=1S/C6H9O/c7-6-4-2-1-3-5-6/h2,4,6H,1,3,5H2. The fourth-order valence-electron chi connectivity index (χ4n) is 0.781. The average Bonchev–Trinajstić information content (AvgIpc) is 1.69. The van der Waals surface area contributed by atoms with Gasteiger partial charge in [-0.25, -0.2) is 5.11 Å². The maximum atomic E-state index is 10.5. The normalized spacial score (nSPS) is 30.7. The van der Waals surface area contributed by atoms with Gasteiger partial charge in [-0.2, -0.15) is 0 Å². The molecule has 0 amide bonds. The molecule has 0 aliphatic heterocycles. The molecule has 0 heterocycles. The van der Waals surface area contributed by atoms with E-state index in [4.69, 9.17) is 0 Å². The largest absolute Gasteiger partial charge is 0.229 e. The summed E-state index contributed by atoms with van der Waals surface area (Å²) in [5.74, 6) is 0. The lowest BCUT2D eigenvalue weighted by molar-refractivity contribution is 0.116. The van der Waals surface area contributed by atoms with Gasteiger partial charge < -0.3 is 0 Å². The zero-order chi connectivity index (χ0) is 5.11. The summed E-state index contributed by atoms with van der Waals surface area (Å²) in [6.45, 7) is 0. The molecule has 1 unspecified atom stereocenters. The van der Waals surface area contributed by atoms with Gasteiger partial charge in [0.15, 0.2) is 0 Å². The van der Waals surface area contributed by atoms with E-state index in [0.29, 0.717) is 0 Å². The summed E-state index contributed by atoms with van der Waals surface area (Å²) >= 11 is 0. The molecule has 0 saturated carbocycles. The molecule has 7 heavy (non-hydrogen) atoms. The lowest BCUT2D eigenvalue weighted by Crippen LogP contribution is -2.02. The van der Waals surface area contributed by atoms with Crippen molar-refractivity contribution < 1.29 is 5.11 Å². The summed E-state index contributed by atoms with van der Waals surface area (Å²) in [7, 11) is 0. The fraction of sp³-hybridized carbons (Fsp3) is 0.667. The van der Waals surface area contributed by atoms with Crippen LogP contribution < -0.4 is 0 Å². The second-order valence-corrected chi connectivity index (χ2v) is 1.90. The highest BCUT2D eigenvalue weighted by molar-refractivity contribution is 4.92. The van der Waals surface area contributed by atoms with Crippen LogP contribution in [-0.4, -0.2) is 6.10 Å². The van der Waals surface area contributed by atoms with E-state index in [2.05, 4.69) is 0 Å². The van der Waals surface area contributed by atoms with Crippen molar-refractivity contribution in [1.82, 2.24) is 0 Å². The highest BCUT2D eigenvalue weighted by atomic mass is 16.3. The number of hydrogen-bond donors (Lipinski definition) is 0. The predicted octanol–water partition coefficient (Wildman–Crippen LogP) is 1.53. The molecular formula is C6H9O. The van der Waals surface area contributed by atoms with Gasteiger partial charge >= 0.3 is 0 Å². The molecule has 1 heteroatoms. The first-order valence-corrected chi connectivity index (χ1v) is 2.72. The maximum absolute atomic E-state index is 10.5. The molecule has 0 N–H and O–H groups in total. The molecule has 0 aromatic carbocycles. The van der Waals surface area contributed by atoms with Crippen LogP contribution in [0, 0.1) is 0 Å². The highest BCUT2D eigenvalue weighted by Crippen LogP contribution is 2.09. The molecule has 0 aromatic heterocycles. The lowest BCUT2D eigenvalue weighted by Gasteiger charge is -2.05. The van der Waals surface area contributed by atoms with Crippen molar-refractivity contribution in [3.8, 4) is 0 Å². The third-order valence-electron chi connectivity index (χ3n) is 1.21. The minimum atomic E-state index is -0.395. The van der Waals surface area contributed by atoms with Gasteiger partial charge in [0.1, 0.15) is 6.10 Å². The van der Waals surface area contributed by atoms with Crippen molar-refractivity contribution in [3.63, 3.8) is 0 Å². The van der Waals surface area contributed by atoms with E-state index in [1.807, 2.05) is 6.08 Å². The zero-order valence-corrected chi connectivity index (χ0v) is 4.26. The lowest BCUT2D eigenvalue weighted by atomic mass is 10.1. The first-order chi connectivity index (χ1) is 3.39. The quantitative estimate of drug-likeness (QED) is 0.408. The van der Waals surface area contributed by atoms with E-state index < -0.39 is 6.10 Å². The Bertz CT molecular complexity index is 76.2. The van der Waals surface area contributed by atoms with Gasteiger partial charge in [-0.15, -0.1) is 0 Å². The topological polar surface area (TPSA) is 19.9 Å². The molecule has 0 fully saturated rings. The number of rotatable bonds is 0. The molecule has 0 saturated heterocycles. The molecule has 0 aromatic rings. The minimum Gasteiger partial charge on any atom is -0.229 e. The van der Waals surface area contributed by atoms with Crippen LogP contribution in [-0.2, 0) is 5.11 Å². The third kappa shape index (κ3) is 1.32. The Labute approximate surface area is 43.7 Å². The van der Waals surface area contributed by atoms with E-state index in [9.17, 15) is 5.11 Å². The third-order valence-corrected chi connectivity index (χ3v) is 1.21. The number of allylic oxidation sites excluding steroid dienone is 1. The van der Waals surface area contributed by atoms with Gasteiger partial charge in [-0.1, -0.05) is 12.2 Å². The fourth-order valence-corrected chi connectivity index (χ4v) is 0.781. The molecule has 1 rings (SSSR count). The van der Waals surface area contributed by atoms with Crippen molar-refractivity contribution in [3.05, 3.63) is 12.2 Å². The Morgan fingerprint density at radius 3 is 2.71 bits per heavy atom. The minimum absolute atomic E-state index is 0.395. The summed E-state index contributed by atoms with van der Waals surface area (Å²) in [6.07, 6.45) is 6.37. The van der Waals surface area contributed by atoms with E-state index in [1.54, 1.807) is 6.08 Å². The molecule has 1 atom stereocenters. The summed E-state index contributed by atoms with van der Waals surface area (Å²) in [4.78, 5) is 0. The van der Waals surface area contributed by atoms with E-state index in [1.165, 1.54) is 0 Å².